The number of carbonyl (C=O) groups excluding carboxylic acids is 1. The Morgan fingerprint density at radius 1 is 1.07 bits per heavy atom. The van der Waals surface area contributed by atoms with Gasteiger partial charge in [-0.25, -0.2) is 18.2 Å². The Hall–Kier alpha value is -4.15. The van der Waals surface area contributed by atoms with Crippen molar-refractivity contribution in [1.29, 1.82) is 0 Å². The first-order chi connectivity index (χ1) is 19.0. The number of methoxy groups -OCH3 is 1. The van der Waals surface area contributed by atoms with Gasteiger partial charge in [0.15, 0.2) is 0 Å². The zero-order chi connectivity index (χ0) is 29.0. The zero-order valence-electron chi connectivity index (χ0n) is 22.4. The molecule has 11 heteroatoms. The number of ether oxygens (including phenoxy) is 1. The number of aromatic nitrogens is 1. The van der Waals surface area contributed by atoms with Gasteiger partial charge in [0, 0.05) is 17.0 Å². The van der Waals surface area contributed by atoms with Crippen LogP contribution in [0.25, 0.3) is 5.69 Å². The average molecular weight is 583 g/mol. The Morgan fingerprint density at radius 2 is 1.77 bits per heavy atom. The molecule has 1 amide bonds. The van der Waals surface area contributed by atoms with Gasteiger partial charge in [0.2, 0.25) is 0 Å². The fraction of sp³-hybridized carbons (Fsp3) is 0.172. The lowest BCUT2D eigenvalue weighted by Crippen LogP contribution is -2.39. The smallest absolute Gasteiger partial charge is 0.264 e. The van der Waals surface area contributed by atoms with Gasteiger partial charge in [-0.2, -0.15) is 5.10 Å². The van der Waals surface area contributed by atoms with Crippen molar-refractivity contribution in [2.24, 2.45) is 5.10 Å². The number of hydrogen-bond donors (Lipinski definition) is 1. The van der Waals surface area contributed by atoms with Gasteiger partial charge in [-0.3, -0.25) is 9.10 Å². The van der Waals surface area contributed by atoms with Crippen LogP contribution in [0.3, 0.4) is 0 Å². The van der Waals surface area contributed by atoms with Crippen molar-refractivity contribution in [3.63, 3.8) is 0 Å². The van der Waals surface area contributed by atoms with Crippen molar-refractivity contribution in [1.82, 2.24) is 9.99 Å². The molecule has 0 spiro atoms. The first-order valence-electron chi connectivity index (χ1n) is 12.2. The van der Waals surface area contributed by atoms with Crippen LogP contribution in [-0.4, -0.2) is 38.8 Å². The Kier molecular flexibility index (Phi) is 8.61. The molecule has 8 nitrogen and oxygen atoms in total. The first kappa shape index (κ1) is 28.8. The highest BCUT2D eigenvalue weighted by atomic mass is 35.5. The van der Waals surface area contributed by atoms with Gasteiger partial charge in [-0.1, -0.05) is 41.4 Å². The van der Waals surface area contributed by atoms with Crippen LogP contribution < -0.4 is 14.5 Å². The summed E-state index contributed by atoms with van der Waals surface area (Å²) in [4.78, 5) is 13.0. The van der Waals surface area contributed by atoms with Crippen LogP contribution in [0.2, 0.25) is 5.02 Å². The fourth-order valence-corrected chi connectivity index (χ4v) is 5.89. The van der Waals surface area contributed by atoms with Crippen molar-refractivity contribution in [2.45, 2.75) is 25.7 Å². The maximum atomic E-state index is 14.4. The number of anilines is 1. The van der Waals surface area contributed by atoms with Crippen molar-refractivity contribution >= 4 is 39.4 Å². The predicted octanol–water partition coefficient (Wildman–Crippen LogP) is 5.55. The molecule has 0 bridgehead atoms. The molecule has 0 aliphatic carbocycles. The Morgan fingerprint density at radius 3 is 2.42 bits per heavy atom. The van der Waals surface area contributed by atoms with Gasteiger partial charge in [-0.05, 0) is 69.3 Å². The van der Waals surface area contributed by atoms with Crippen LogP contribution >= 0.6 is 11.6 Å². The number of benzene rings is 3. The number of carbonyl (C=O) groups is 1. The molecule has 40 heavy (non-hydrogen) atoms. The minimum Gasteiger partial charge on any atom is -0.495 e. The summed E-state index contributed by atoms with van der Waals surface area (Å²) in [6, 6.07) is 19.0. The molecule has 208 valence electrons. The van der Waals surface area contributed by atoms with E-state index in [9.17, 15) is 17.6 Å². The summed E-state index contributed by atoms with van der Waals surface area (Å²) in [6.45, 7) is 4.93. The molecule has 1 N–H and O–H groups in total. The summed E-state index contributed by atoms with van der Waals surface area (Å²) in [7, 11) is -2.70. The number of aryl methyl sites for hydroxylation is 2. The van der Waals surface area contributed by atoms with Gasteiger partial charge in [0.25, 0.3) is 15.9 Å². The number of nitrogens with zero attached hydrogens (tertiary/aromatic N) is 3. The Bertz CT molecular complexity index is 1680. The van der Waals surface area contributed by atoms with Crippen LogP contribution in [0, 0.1) is 26.6 Å². The summed E-state index contributed by atoms with van der Waals surface area (Å²) >= 11 is 6.27. The van der Waals surface area contributed by atoms with E-state index in [1.165, 1.54) is 49.7 Å². The number of hydrogen-bond acceptors (Lipinski definition) is 5. The molecule has 0 aliphatic heterocycles. The lowest BCUT2D eigenvalue weighted by Gasteiger charge is -2.24. The summed E-state index contributed by atoms with van der Waals surface area (Å²) in [5, 5.41) is 4.22. The molecule has 1 heterocycles. The second kappa shape index (κ2) is 11.9. The molecule has 4 rings (SSSR count). The first-order valence-corrected chi connectivity index (χ1v) is 14.0. The molecule has 0 saturated heterocycles. The van der Waals surface area contributed by atoms with E-state index in [0.29, 0.717) is 17.0 Å². The number of halogens is 2. The molecular weight excluding hydrogens is 555 g/mol. The third-order valence-corrected chi connectivity index (χ3v) is 8.36. The molecular formula is C29H28ClFN4O4S. The Labute approximate surface area is 237 Å². The van der Waals surface area contributed by atoms with Gasteiger partial charge >= 0.3 is 0 Å². The van der Waals surface area contributed by atoms with Crippen molar-refractivity contribution in [2.75, 3.05) is 18.0 Å². The third kappa shape index (κ3) is 6.03. The maximum Gasteiger partial charge on any atom is 0.264 e. The van der Waals surface area contributed by atoms with Crippen LogP contribution in [0.5, 0.6) is 5.75 Å². The van der Waals surface area contributed by atoms with E-state index in [1.54, 1.807) is 34.9 Å². The predicted molar refractivity (Wildman–Crippen MR) is 155 cm³/mol. The lowest BCUT2D eigenvalue weighted by molar-refractivity contribution is -0.119. The highest BCUT2D eigenvalue weighted by Crippen LogP contribution is 2.32. The highest BCUT2D eigenvalue weighted by molar-refractivity contribution is 7.92. The number of rotatable bonds is 9. The van der Waals surface area contributed by atoms with Crippen LogP contribution in [-0.2, 0) is 14.8 Å². The minimum atomic E-state index is -4.14. The van der Waals surface area contributed by atoms with E-state index in [0.717, 1.165) is 21.3 Å². The highest BCUT2D eigenvalue weighted by Gasteiger charge is 2.28. The molecule has 3 aromatic carbocycles. The number of sulfonamides is 1. The second-order valence-electron chi connectivity index (χ2n) is 9.05. The van der Waals surface area contributed by atoms with Crippen molar-refractivity contribution in [3.8, 4) is 11.4 Å². The van der Waals surface area contributed by atoms with E-state index in [2.05, 4.69) is 10.5 Å². The van der Waals surface area contributed by atoms with Gasteiger partial charge in [0.05, 0.1) is 34.6 Å². The number of nitrogens with one attached hydrogen (secondary N) is 1. The van der Waals surface area contributed by atoms with Crippen LogP contribution in [0.4, 0.5) is 10.1 Å². The second-order valence-corrected chi connectivity index (χ2v) is 11.3. The number of amides is 1. The third-order valence-electron chi connectivity index (χ3n) is 6.28. The van der Waals surface area contributed by atoms with Crippen LogP contribution in [0.15, 0.2) is 82.8 Å². The standard InChI is InChI=1S/C29H28ClFN4O4S/c1-19-9-12-24(13-10-19)40(37,38)34(23-11-14-28(39-4)25(30)16-23)18-29(36)33-32-17-22-15-20(2)35(21(22)3)27-8-6-5-7-26(27)31/h5-17H,18H2,1-4H3,(H,33,36)/b32-17-. The minimum absolute atomic E-state index is 0.0157. The fourth-order valence-electron chi connectivity index (χ4n) is 4.22. The molecule has 0 fully saturated rings. The molecule has 0 atom stereocenters. The normalized spacial score (nSPS) is 11.6. The molecule has 0 radical (unpaired) electrons. The zero-order valence-corrected chi connectivity index (χ0v) is 23.9. The SMILES string of the molecule is COc1ccc(N(CC(=O)N/N=C\c2cc(C)n(-c3ccccc3F)c2C)S(=O)(=O)c2ccc(C)cc2)cc1Cl. The van der Waals surface area contributed by atoms with Gasteiger partial charge < -0.3 is 9.30 Å². The largest absolute Gasteiger partial charge is 0.495 e. The molecule has 0 unspecified atom stereocenters. The van der Waals surface area contributed by atoms with E-state index in [-0.39, 0.29) is 21.4 Å². The summed E-state index contributed by atoms with van der Waals surface area (Å²) in [5.41, 5.74) is 6.02. The maximum absolute atomic E-state index is 14.4. The van der Waals surface area contributed by atoms with E-state index < -0.39 is 22.5 Å². The lowest BCUT2D eigenvalue weighted by atomic mass is 10.2. The molecule has 0 saturated carbocycles. The van der Waals surface area contributed by atoms with Crippen molar-refractivity contribution < 1.29 is 22.3 Å². The van der Waals surface area contributed by atoms with Crippen molar-refractivity contribution in [3.05, 3.63) is 106 Å². The topological polar surface area (TPSA) is 93.0 Å². The summed E-state index contributed by atoms with van der Waals surface area (Å²) < 4.78 is 49.4. The quantitative estimate of drug-likeness (QED) is 0.207. The monoisotopic (exact) mass is 582 g/mol. The molecule has 4 aromatic rings. The van der Waals surface area contributed by atoms with Gasteiger partial charge in [0.1, 0.15) is 18.1 Å². The Balaban J connectivity index is 1.59. The van der Waals surface area contributed by atoms with Gasteiger partial charge in [-0.15, -0.1) is 0 Å². The number of hydrazone groups is 1. The van der Waals surface area contributed by atoms with E-state index in [1.807, 2.05) is 26.8 Å². The van der Waals surface area contributed by atoms with E-state index in [4.69, 9.17) is 16.3 Å². The molecule has 1 aromatic heterocycles. The summed E-state index contributed by atoms with van der Waals surface area (Å²) in [6.07, 6.45) is 1.43. The molecule has 0 aliphatic rings. The number of para-hydroxylation sites is 1. The van der Waals surface area contributed by atoms with E-state index >= 15 is 0 Å². The summed E-state index contributed by atoms with van der Waals surface area (Å²) in [5.74, 6) is -0.684. The average Bonchev–Trinajstić information content (AvgIpc) is 3.20. The van der Waals surface area contributed by atoms with Crippen LogP contribution in [0.1, 0.15) is 22.5 Å².